The van der Waals surface area contributed by atoms with Gasteiger partial charge in [-0.25, -0.2) is 9.36 Å². The SMILES string of the molecule is CC1C(O)CC(OP(=O)([O-])OCC2OC(n3ccc(N)nc3=O)C(O)C2O)(C(=O)[O-])OC1[C@H](O)[C@H](O)CNC(=O)C[C@H]1OC(COP(=O)(O)O)[C@@H](O)[C@H](O)C1O. The van der Waals surface area contributed by atoms with E-state index in [2.05, 4.69) is 19.3 Å². The molecule has 0 spiro atoms. The van der Waals surface area contributed by atoms with Crippen molar-refractivity contribution in [2.45, 2.75) is 105 Å². The van der Waals surface area contributed by atoms with Crippen LogP contribution in [0.5, 0.6) is 0 Å². The molecule has 3 fully saturated rings. The number of nitrogens with two attached hydrogens (primary N) is 1. The lowest BCUT2D eigenvalue weighted by molar-refractivity contribution is -0.380. The molecular weight excluding hydrogens is 810 g/mol. The summed E-state index contributed by atoms with van der Waals surface area (Å²) in [5, 5.41) is 97.9. The molecule has 56 heavy (non-hydrogen) atoms. The average Bonchev–Trinajstić information content (AvgIpc) is 3.38. The number of phosphoric acid groups is 2. The number of phosphoric ester groups is 2. The number of aliphatic carboxylic acids is 1. The van der Waals surface area contributed by atoms with Crippen LogP contribution >= 0.6 is 15.6 Å². The molecule has 1 amide bonds. The molecule has 3 saturated heterocycles. The smallest absolute Gasteiger partial charge is 0.469 e. The Balaban J connectivity index is 1.37. The molecule has 0 saturated carbocycles. The van der Waals surface area contributed by atoms with Crippen LogP contribution in [0, 0.1) is 5.92 Å². The van der Waals surface area contributed by atoms with Gasteiger partial charge in [0, 0.05) is 25.1 Å². The van der Waals surface area contributed by atoms with Gasteiger partial charge >= 0.3 is 13.5 Å². The van der Waals surface area contributed by atoms with Crippen LogP contribution in [-0.2, 0) is 46.5 Å². The van der Waals surface area contributed by atoms with Gasteiger partial charge in [0.1, 0.15) is 60.6 Å². The molecule has 27 nitrogen and oxygen atoms in total. The zero-order valence-electron chi connectivity index (χ0n) is 28.9. The highest BCUT2D eigenvalue weighted by molar-refractivity contribution is 7.46. The van der Waals surface area contributed by atoms with Crippen molar-refractivity contribution in [1.29, 1.82) is 0 Å². The van der Waals surface area contributed by atoms with Crippen LogP contribution in [0.4, 0.5) is 5.82 Å². The van der Waals surface area contributed by atoms with Crippen molar-refractivity contribution in [1.82, 2.24) is 14.9 Å². The van der Waals surface area contributed by atoms with Gasteiger partial charge in [-0.1, -0.05) is 6.92 Å². The first-order chi connectivity index (χ1) is 25.9. The molecule has 3 aliphatic rings. The number of rotatable bonds is 16. The van der Waals surface area contributed by atoms with E-state index < -0.39 is 157 Å². The minimum absolute atomic E-state index is 0.175. The van der Waals surface area contributed by atoms with Gasteiger partial charge in [-0.2, -0.15) is 4.98 Å². The second-order valence-electron chi connectivity index (χ2n) is 13.2. The maximum absolute atomic E-state index is 12.9. The van der Waals surface area contributed by atoms with E-state index in [1.165, 1.54) is 13.0 Å². The second-order valence-corrected chi connectivity index (χ2v) is 15.8. The predicted molar refractivity (Wildman–Crippen MR) is 170 cm³/mol. The van der Waals surface area contributed by atoms with Gasteiger partial charge < -0.3 is 95.2 Å². The van der Waals surface area contributed by atoms with Gasteiger partial charge in [0.25, 0.3) is 7.82 Å². The molecule has 29 heteroatoms. The summed E-state index contributed by atoms with van der Waals surface area (Å²) in [6, 6.07) is 1.17. The quantitative estimate of drug-likeness (QED) is 0.0687. The summed E-state index contributed by atoms with van der Waals surface area (Å²) in [6.45, 7) is -1.72. The first-order valence-corrected chi connectivity index (χ1v) is 19.5. The third-order valence-corrected chi connectivity index (χ3v) is 10.7. The van der Waals surface area contributed by atoms with E-state index in [0.717, 1.165) is 10.8 Å². The molecule has 0 aromatic carbocycles. The highest BCUT2D eigenvalue weighted by Crippen LogP contribution is 2.49. The van der Waals surface area contributed by atoms with Crippen LogP contribution in [0.2, 0.25) is 0 Å². The standard InChI is InChI=1S/C27H44N4O23P2/c1-9-10(32)5-27(25(41)42,54-56(47,48)50-8-14-20(38)22(40)24(52-14)31-3-2-15(28)30-26(31)43)53-23(9)17(35)11(33)6-29-16(34)4-12-18(36)21(39)19(37)13(51-12)7-49-55(44,45)46/h2-3,9-14,17-24,32-33,35-40H,4-8H2,1H3,(H,29,34)(H,41,42)(H,47,48)(H2,28,30,43)(H2,44,45,46)/p-2/t9?,10?,11-,12-,13?,14?,17-,18?,19-,20?,21-,22?,23?,24?,27?/m1/s1. The number of amides is 1. The van der Waals surface area contributed by atoms with Crippen LogP contribution in [0.15, 0.2) is 17.1 Å². The molecule has 1 aromatic heterocycles. The van der Waals surface area contributed by atoms with Gasteiger partial charge in [0.15, 0.2) is 6.23 Å². The van der Waals surface area contributed by atoms with Crippen molar-refractivity contribution in [3.8, 4) is 0 Å². The van der Waals surface area contributed by atoms with Crippen LogP contribution in [-0.4, -0.2) is 171 Å². The number of nitrogens with one attached hydrogen (secondary N) is 1. The summed E-state index contributed by atoms with van der Waals surface area (Å²) in [7, 11) is -10.9. The summed E-state index contributed by atoms with van der Waals surface area (Å²) >= 11 is 0. The molecule has 0 bridgehead atoms. The van der Waals surface area contributed by atoms with Crippen LogP contribution in [0.25, 0.3) is 0 Å². The summed E-state index contributed by atoms with van der Waals surface area (Å²) in [4.78, 5) is 71.2. The molecule has 3 aliphatic heterocycles. The molecule has 1 aromatic rings. The molecule has 16 atom stereocenters. The fourth-order valence-corrected chi connectivity index (χ4v) is 7.35. The van der Waals surface area contributed by atoms with Crippen molar-refractivity contribution in [3.63, 3.8) is 0 Å². The monoisotopic (exact) mass is 852 g/mol. The highest BCUT2D eigenvalue weighted by Gasteiger charge is 2.53. The lowest BCUT2D eigenvalue weighted by Crippen LogP contribution is -2.64. The van der Waals surface area contributed by atoms with E-state index in [0.29, 0.717) is 0 Å². The fourth-order valence-electron chi connectivity index (χ4n) is 6.07. The number of hydrogen-bond acceptors (Lipinski definition) is 23. The number of carbonyl (C=O) groups is 2. The largest absolute Gasteiger partial charge is 0.756 e. The van der Waals surface area contributed by atoms with Gasteiger partial charge in [0.2, 0.25) is 11.7 Å². The van der Waals surface area contributed by atoms with E-state index in [4.69, 9.17) is 34.3 Å². The number of carboxylic acid groups (broad SMARTS) is 1. The number of carboxylic acids is 1. The minimum Gasteiger partial charge on any atom is -0.756 e. The van der Waals surface area contributed by atoms with Gasteiger partial charge in [-0.15, -0.1) is 0 Å². The average molecular weight is 853 g/mol. The Morgan fingerprint density at radius 1 is 1.02 bits per heavy atom. The minimum atomic E-state index is -5.88. The summed E-state index contributed by atoms with van der Waals surface area (Å²) in [5.41, 5.74) is 4.43. The number of aromatic nitrogens is 2. The molecule has 4 rings (SSSR count). The van der Waals surface area contributed by atoms with Gasteiger partial charge in [0.05, 0.1) is 44.1 Å². The van der Waals surface area contributed by atoms with Crippen LogP contribution in [0.3, 0.4) is 0 Å². The molecule has 4 heterocycles. The number of aliphatic hydroxyl groups excluding tert-OH is 8. The van der Waals surface area contributed by atoms with E-state index in [1.54, 1.807) is 0 Å². The Hall–Kier alpha value is -2.60. The van der Waals surface area contributed by atoms with Gasteiger partial charge in [-0.05, 0) is 6.07 Å². The fraction of sp³-hybridized carbons (Fsp3) is 0.778. The maximum Gasteiger partial charge on any atom is 0.469 e. The summed E-state index contributed by atoms with van der Waals surface area (Å²) < 4.78 is 54.2. The van der Waals surface area contributed by atoms with Crippen LogP contribution in [0.1, 0.15) is 26.0 Å². The molecular formula is C27H42N4O23P2-2. The second kappa shape index (κ2) is 18.1. The zero-order valence-corrected chi connectivity index (χ0v) is 30.7. The molecule has 13 N–H and O–H groups in total. The van der Waals surface area contributed by atoms with Crippen molar-refractivity contribution in [2.75, 3.05) is 25.5 Å². The third-order valence-electron chi connectivity index (χ3n) is 9.20. The van der Waals surface area contributed by atoms with Crippen molar-refractivity contribution in [3.05, 3.63) is 22.7 Å². The maximum atomic E-state index is 12.9. The number of nitrogen functional groups attached to an aromatic ring is 1. The third kappa shape index (κ3) is 10.9. The zero-order chi connectivity index (χ0) is 42.1. The summed E-state index contributed by atoms with van der Waals surface area (Å²) in [6.07, 6.45) is -24.8. The normalized spacial score (nSPS) is 37.4. The predicted octanol–water partition coefficient (Wildman–Crippen LogP) is -8.63. The Bertz CT molecular complexity index is 1700. The van der Waals surface area contributed by atoms with Gasteiger partial charge in [-0.3, -0.25) is 23.0 Å². The number of ether oxygens (including phenoxy) is 3. The number of hydrogen-bond donors (Lipinski definition) is 12. The summed E-state index contributed by atoms with van der Waals surface area (Å²) in [5.74, 6) is -8.26. The van der Waals surface area contributed by atoms with Crippen molar-refractivity contribution >= 4 is 33.3 Å². The lowest BCUT2D eigenvalue weighted by Gasteiger charge is -2.49. The molecule has 0 aliphatic carbocycles. The number of carbonyl (C=O) groups excluding carboxylic acids is 2. The van der Waals surface area contributed by atoms with E-state index in [-0.39, 0.29) is 5.82 Å². The lowest BCUT2D eigenvalue weighted by atomic mass is 9.84. The highest BCUT2D eigenvalue weighted by atomic mass is 31.2. The van der Waals surface area contributed by atoms with E-state index in [9.17, 15) is 74.4 Å². The van der Waals surface area contributed by atoms with E-state index >= 15 is 0 Å². The number of nitrogens with zero attached hydrogens (tertiary/aromatic N) is 2. The van der Waals surface area contributed by atoms with E-state index in [1.807, 2.05) is 0 Å². The molecule has 11 unspecified atom stereocenters. The molecule has 320 valence electrons. The number of aliphatic hydroxyl groups is 8. The first kappa shape index (κ1) is 46.1. The Kier molecular flexibility index (Phi) is 14.9. The molecule has 0 radical (unpaired) electrons. The first-order valence-electron chi connectivity index (χ1n) is 16.5. The van der Waals surface area contributed by atoms with Crippen molar-refractivity contribution in [2.24, 2.45) is 5.92 Å². The Labute approximate surface area is 314 Å². The Morgan fingerprint density at radius 3 is 2.21 bits per heavy atom. The van der Waals surface area contributed by atoms with Crippen LogP contribution < -0.4 is 26.7 Å². The number of anilines is 1. The Morgan fingerprint density at radius 2 is 1.61 bits per heavy atom. The topological polar surface area (TPSA) is 445 Å². The van der Waals surface area contributed by atoms with Crippen molar-refractivity contribution < 1.29 is 107 Å².